The molecule has 0 unspecified atom stereocenters. The zero-order chi connectivity index (χ0) is 49.0. The molecule has 0 radical (unpaired) electrons. The van der Waals surface area contributed by atoms with E-state index in [1.807, 2.05) is 11.3 Å². The molecule has 0 saturated carbocycles. The minimum absolute atomic E-state index is 1.08. The standard InChI is InChI=1S/C72H47NS/c1-3-17-53(18-4-1)70-66-27-10-9-25-63(66)64-45-40-55(47-68(64)71(70)54-19-5-2-6-20-54)50-38-43-58(44-39-50)73(59-23-13-22-56(46-59)62-29-15-30-67-65-26-11-12-31-69(65)74-72(62)67)57-41-36-49(37-42-57)48-32-34-52(35-33-48)61-28-14-21-51-16-7-8-24-60(51)61/h1-47H. The molecule has 2 heteroatoms. The molecule has 1 heterocycles. The third-order valence-corrected chi connectivity index (χ3v) is 16.1. The van der Waals surface area contributed by atoms with E-state index in [0.717, 1.165) is 22.6 Å². The number of hydrogen-bond donors (Lipinski definition) is 0. The Morgan fingerprint density at radius 3 is 1.42 bits per heavy atom. The smallest absolute Gasteiger partial charge is 0.0467 e. The van der Waals surface area contributed by atoms with Crippen molar-refractivity contribution in [1.82, 2.24) is 0 Å². The first-order chi connectivity index (χ1) is 36.7. The molecular weight excluding hydrogens is 911 g/mol. The van der Waals surface area contributed by atoms with Crippen molar-refractivity contribution in [3.8, 4) is 66.8 Å². The first-order valence-corrected chi connectivity index (χ1v) is 26.2. The van der Waals surface area contributed by atoms with E-state index in [4.69, 9.17) is 0 Å². The van der Waals surface area contributed by atoms with Gasteiger partial charge in [-0.2, -0.15) is 0 Å². The van der Waals surface area contributed by atoms with E-state index in [1.165, 1.54) is 114 Å². The lowest BCUT2D eigenvalue weighted by molar-refractivity contribution is 1.28. The molecule has 0 fully saturated rings. The highest BCUT2D eigenvalue weighted by atomic mass is 32.1. The van der Waals surface area contributed by atoms with Crippen molar-refractivity contribution >= 4 is 80.9 Å². The first kappa shape index (κ1) is 43.4. The molecule has 0 aliphatic heterocycles. The highest BCUT2D eigenvalue weighted by Gasteiger charge is 2.20. The van der Waals surface area contributed by atoms with Gasteiger partial charge in [-0.25, -0.2) is 0 Å². The fraction of sp³-hybridized carbons (Fsp3) is 0. The van der Waals surface area contributed by atoms with Gasteiger partial charge in [0.2, 0.25) is 0 Å². The summed E-state index contributed by atoms with van der Waals surface area (Å²) >= 11 is 1.88. The van der Waals surface area contributed by atoms with Crippen molar-refractivity contribution in [2.45, 2.75) is 0 Å². The third-order valence-electron chi connectivity index (χ3n) is 14.9. The fourth-order valence-electron chi connectivity index (χ4n) is 11.3. The van der Waals surface area contributed by atoms with Gasteiger partial charge in [0.25, 0.3) is 0 Å². The lowest BCUT2D eigenvalue weighted by Gasteiger charge is -2.26. The van der Waals surface area contributed by atoms with Crippen LogP contribution in [0.5, 0.6) is 0 Å². The van der Waals surface area contributed by atoms with Crippen molar-refractivity contribution in [1.29, 1.82) is 0 Å². The normalized spacial score (nSPS) is 11.5. The highest BCUT2D eigenvalue weighted by molar-refractivity contribution is 7.26. The van der Waals surface area contributed by atoms with Crippen molar-refractivity contribution in [2.24, 2.45) is 0 Å². The molecule has 74 heavy (non-hydrogen) atoms. The number of thiophene rings is 1. The maximum absolute atomic E-state index is 2.41. The number of benzene rings is 13. The van der Waals surface area contributed by atoms with Gasteiger partial charge in [0.05, 0.1) is 0 Å². The van der Waals surface area contributed by atoms with E-state index in [2.05, 4.69) is 290 Å². The van der Waals surface area contributed by atoms with Crippen LogP contribution in [0.3, 0.4) is 0 Å². The topological polar surface area (TPSA) is 3.24 Å². The van der Waals surface area contributed by atoms with Crippen molar-refractivity contribution in [3.05, 3.63) is 285 Å². The third kappa shape index (κ3) is 7.63. The van der Waals surface area contributed by atoms with Gasteiger partial charge >= 0.3 is 0 Å². The summed E-state index contributed by atoms with van der Waals surface area (Å²) < 4.78 is 2.62. The Labute approximate surface area is 435 Å². The molecule has 1 aromatic heterocycles. The van der Waals surface area contributed by atoms with Gasteiger partial charge in [-0.1, -0.05) is 237 Å². The highest BCUT2D eigenvalue weighted by Crippen LogP contribution is 2.47. The predicted molar refractivity (Wildman–Crippen MR) is 319 cm³/mol. The molecule has 13 aromatic carbocycles. The quantitative estimate of drug-likeness (QED) is 0.130. The average molecular weight is 958 g/mol. The minimum Gasteiger partial charge on any atom is -0.310 e. The number of nitrogens with zero attached hydrogens (tertiary/aromatic N) is 1. The molecule has 0 spiro atoms. The van der Waals surface area contributed by atoms with Crippen LogP contribution in [-0.4, -0.2) is 0 Å². The lowest BCUT2D eigenvalue weighted by atomic mass is 9.84. The van der Waals surface area contributed by atoms with E-state index in [0.29, 0.717) is 0 Å². The van der Waals surface area contributed by atoms with Crippen LogP contribution in [0.4, 0.5) is 17.1 Å². The molecule has 0 N–H and O–H groups in total. The van der Waals surface area contributed by atoms with Gasteiger partial charge in [-0.15, -0.1) is 11.3 Å². The summed E-state index contributed by atoms with van der Waals surface area (Å²) in [5.74, 6) is 0. The molecule has 346 valence electrons. The largest absolute Gasteiger partial charge is 0.310 e. The zero-order valence-electron chi connectivity index (χ0n) is 40.5. The van der Waals surface area contributed by atoms with Crippen LogP contribution in [0.15, 0.2) is 285 Å². The van der Waals surface area contributed by atoms with Crippen LogP contribution < -0.4 is 4.90 Å². The fourth-order valence-corrected chi connectivity index (χ4v) is 12.6. The van der Waals surface area contributed by atoms with Gasteiger partial charge in [-0.3, -0.25) is 0 Å². The van der Waals surface area contributed by atoms with Gasteiger partial charge in [-0.05, 0) is 148 Å². The van der Waals surface area contributed by atoms with Gasteiger partial charge in [0.1, 0.15) is 0 Å². The van der Waals surface area contributed by atoms with E-state index < -0.39 is 0 Å². The molecular formula is C72H47NS. The number of anilines is 3. The van der Waals surface area contributed by atoms with Gasteiger partial charge in [0.15, 0.2) is 0 Å². The second kappa shape index (κ2) is 18.4. The zero-order valence-corrected chi connectivity index (χ0v) is 41.3. The molecule has 0 aliphatic carbocycles. The molecule has 0 amide bonds. The van der Waals surface area contributed by atoms with Gasteiger partial charge < -0.3 is 4.90 Å². The summed E-state index contributed by atoms with van der Waals surface area (Å²) in [5, 5.41) is 10.1. The van der Waals surface area contributed by atoms with Crippen LogP contribution in [0, 0.1) is 0 Å². The van der Waals surface area contributed by atoms with Crippen LogP contribution in [-0.2, 0) is 0 Å². The molecule has 14 rings (SSSR count). The molecule has 0 atom stereocenters. The van der Waals surface area contributed by atoms with Crippen molar-refractivity contribution < 1.29 is 0 Å². The molecule has 0 saturated heterocycles. The average Bonchev–Trinajstić information content (AvgIpc) is 3.87. The van der Waals surface area contributed by atoms with E-state index in [1.54, 1.807) is 0 Å². The first-order valence-electron chi connectivity index (χ1n) is 25.4. The maximum atomic E-state index is 2.41. The number of rotatable bonds is 9. The summed E-state index contributed by atoms with van der Waals surface area (Å²) in [6.07, 6.45) is 0. The monoisotopic (exact) mass is 957 g/mol. The van der Waals surface area contributed by atoms with E-state index >= 15 is 0 Å². The van der Waals surface area contributed by atoms with Crippen LogP contribution in [0.1, 0.15) is 0 Å². The van der Waals surface area contributed by atoms with Crippen LogP contribution in [0.25, 0.3) is 119 Å². The van der Waals surface area contributed by atoms with Gasteiger partial charge in [0, 0.05) is 37.2 Å². The molecule has 14 aromatic rings. The minimum atomic E-state index is 1.08. The Hall–Kier alpha value is -9.34. The molecule has 0 bridgehead atoms. The van der Waals surface area contributed by atoms with Crippen molar-refractivity contribution in [3.63, 3.8) is 0 Å². The Kier molecular flexibility index (Phi) is 10.8. The lowest BCUT2D eigenvalue weighted by Crippen LogP contribution is -2.10. The Morgan fingerprint density at radius 1 is 0.230 bits per heavy atom. The summed E-state index contributed by atoms with van der Waals surface area (Å²) in [5.41, 5.74) is 17.8. The van der Waals surface area contributed by atoms with Crippen LogP contribution in [0.2, 0.25) is 0 Å². The second-order valence-electron chi connectivity index (χ2n) is 19.2. The summed E-state index contributed by atoms with van der Waals surface area (Å²) in [6, 6.07) is 105. The second-order valence-corrected chi connectivity index (χ2v) is 20.2. The summed E-state index contributed by atoms with van der Waals surface area (Å²) in [6.45, 7) is 0. The predicted octanol–water partition coefficient (Wildman–Crippen LogP) is 21.0. The van der Waals surface area contributed by atoms with E-state index in [-0.39, 0.29) is 0 Å². The molecule has 0 aliphatic rings. The van der Waals surface area contributed by atoms with Crippen LogP contribution >= 0.6 is 11.3 Å². The number of fused-ring (bicyclic) bond motifs is 7. The summed E-state index contributed by atoms with van der Waals surface area (Å²) in [4.78, 5) is 2.40. The number of hydrogen-bond acceptors (Lipinski definition) is 2. The van der Waals surface area contributed by atoms with E-state index in [9.17, 15) is 0 Å². The maximum Gasteiger partial charge on any atom is 0.0467 e. The Morgan fingerprint density at radius 2 is 0.703 bits per heavy atom. The van der Waals surface area contributed by atoms with Crippen molar-refractivity contribution in [2.75, 3.05) is 4.90 Å². The Bertz CT molecular complexity index is 4380. The Balaban J connectivity index is 0.874. The molecule has 1 nitrogen and oxygen atoms in total. The SMILES string of the molecule is c1ccc(-c2c(-c3ccccc3)c3cc(-c4ccc(N(c5ccc(-c6ccc(-c7cccc8ccccc78)cc6)cc5)c5cccc(-c6cccc7c6sc6ccccc67)c5)cc4)ccc3c3ccccc23)cc1. The summed E-state index contributed by atoms with van der Waals surface area (Å²) in [7, 11) is 0.